The largest absolute Gasteiger partial charge is 0.392 e. The van der Waals surface area contributed by atoms with Crippen LogP contribution in [0.25, 0.3) is 0 Å². The van der Waals surface area contributed by atoms with Crippen molar-refractivity contribution in [1.29, 1.82) is 0 Å². The summed E-state index contributed by atoms with van der Waals surface area (Å²) in [5, 5.41) is 9.87. The Morgan fingerprint density at radius 2 is 1.92 bits per heavy atom. The summed E-state index contributed by atoms with van der Waals surface area (Å²) in [5.41, 5.74) is 0. The van der Waals surface area contributed by atoms with Gasteiger partial charge in [-0.3, -0.25) is 0 Å². The Hall–Kier alpha value is -0.300. The number of hydrogen-bond acceptors (Lipinski definition) is 1. The fraction of sp³-hybridized carbons (Fsp3) is 0.818. The molecule has 1 heteroatoms. The lowest BCUT2D eigenvalue weighted by atomic mass is 9.81. The Labute approximate surface area is 75.5 Å². The zero-order chi connectivity index (χ0) is 8.97. The second-order valence-electron chi connectivity index (χ2n) is 3.98. The van der Waals surface area contributed by atoms with Crippen LogP contribution in [0.2, 0.25) is 0 Å². The fourth-order valence-corrected chi connectivity index (χ4v) is 2.04. The van der Waals surface area contributed by atoms with Gasteiger partial charge in [-0.1, -0.05) is 32.3 Å². The van der Waals surface area contributed by atoms with Crippen LogP contribution in [0.3, 0.4) is 0 Å². The van der Waals surface area contributed by atoms with E-state index in [0.29, 0.717) is 5.92 Å². The summed E-state index contributed by atoms with van der Waals surface area (Å²) in [4.78, 5) is 0. The topological polar surface area (TPSA) is 20.2 Å². The molecule has 0 aromatic rings. The van der Waals surface area contributed by atoms with E-state index < -0.39 is 0 Å². The zero-order valence-electron chi connectivity index (χ0n) is 8.00. The molecule has 0 bridgehead atoms. The molecule has 0 heterocycles. The average molecular weight is 168 g/mol. The predicted molar refractivity (Wildman–Crippen MR) is 51.9 cm³/mol. The van der Waals surface area contributed by atoms with E-state index >= 15 is 0 Å². The van der Waals surface area contributed by atoms with Gasteiger partial charge in [-0.15, -0.1) is 6.58 Å². The Morgan fingerprint density at radius 1 is 1.33 bits per heavy atom. The average Bonchev–Trinajstić information content (AvgIpc) is 2.17. The molecule has 0 radical (unpaired) electrons. The van der Waals surface area contributed by atoms with Crippen molar-refractivity contribution in [2.24, 2.45) is 11.8 Å². The van der Waals surface area contributed by atoms with Crippen LogP contribution in [-0.2, 0) is 0 Å². The molecule has 2 atom stereocenters. The number of aliphatic hydroxyl groups is 1. The normalized spacial score (nSPS) is 24.8. The lowest BCUT2D eigenvalue weighted by molar-refractivity contribution is 0.0558. The van der Waals surface area contributed by atoms with E-state index in [-0.39, 0.29) is 12.0 Å². The summed E-state index contributed by atoms with van der Waals surface area (Å²) in [6, 6.07) is 0. The van der Waals surface area contributed by atoms with Crippen LogP contribution < -0.4 is 0 Å². The lowest BCUT2D eigenvalue weighted by Crippen LogP contribution is -2.28. The predicted octanol–water partition coefficient (Wildman–Crippen LogP) is 2.75. The van der Waals surface area contributed by atoms with E-state index in [1.165, 1.54) is 32.1 Å². The first-order chi connectivity index (χ1) is 5.75. The van der Waals surface area contributed by atoms with Crippen molar-refractivity contribution in [3.05, 3.63) is 12.7 Å². The third-order valence-corrected chi connectivity index (χ3v) is 3.04. The number of aliphatic hydroxyl groups excluding tert-OH is 1. The van der Waals surface area contributed by atoms with Gasteiger partial charge in [-0.05, 0) is 24.7 Å². The highest BCUT2D eigenvalue weighted by molar-refractivity contribution is 4.86. The molecule has 0 aromatic heterocycles. The maximum Gasteiger partial charge on any atom is 0.0628 e. The summed E-state index contributed by atoms with van der Waals surface area (Å²) in [5.74, 6) is 0.792. The number of hydrogen-bond donors (Lipinski definition) is 1. The quantitative estimate of drug-likeness (QED) is 0.642. The van der Waals surface area contributed by atoms with E-state index in [1.807, 2.05) is 13.0 Å². The molecule has 0 saturated heterocycles. The monoisotopic (exact) mass is 168 g/mol. The SMILES string of the molecule is C=CC(C)C(O)C1CCCCC1. The highest BCUT2D eigenvalue weighted by Crippen LogP contribution is 2.29. The minimum Gasteiger partial charge on any atom is -0.392 e. The zero-order valence-corrected chi connectivity index (χ0v) is 8.00. The van der Waals surface area contributed by atoms with Crippen LogP contribution in [0, 0.1) is 11.8 Å². The van der Waals surface area contributed by atoms with Crippen molar-refractivity contribution < 1.29 is 5.11 Å². The van der Waals surface area contributed by atoms with Gasteiger partial charge in [0.25, 0.3) is 0 Å². The summed E-state index contributed by atoms with van der Waals surface area (Å²) in [6.07, 6.45) is 8.07. The van der Waals surface area contributed by atoms with Gasteiger partial charge < -0.3 is 5.11 Å². The first-order valence-electron chi connectivity index (χ1n) is 5.06. The highest BCUT2D eigenvalue weighted by atomic mass is 16.3. The lowest BCUT2D eigenvalue weighted by Gasteiger charge is -2.29. The summed E-state index contributed by atoms with van der Waals surface area (Å²) >= 11 is 0. The Kier molecular flexibility index (Phi) is 3.80. The molecule has 70 valence electrons. The minimum absolute atomic E-state index is 0.150. The molecule has 1 nitrogen and oxygen atoms in total. The van der Waals surface area contributed by atoms with Gasteiger partial charge in [-0.25, -0.2) is 0 Å². The first-order valence-corrected chi connectivity index (χ1v) is 5.06. The van der Waals surface area contributed by atoms with E-state index in [2.05, 4.69) is 6.58 Å². The highest BCUT2D eigenvalue weighted by Gasteiger charge is 2.24. The standard InChI is InChI=1S/C11H20O/c1-3-9(2)11(12)10-7-5-4-6-8-10/h3,9-12H,1,4-8H2,2H3. The van der Waals surface area contributed by atoms with Crippen LogP contribution >= 0.6 is 0 Å². The minimum atomic E-state index is -0.150. The van der Waals surface area contributed by atoms with Crippen molar-refractivity contribution in [3.63, 3.8) is 0 Å². The molecule has 0 aromatic carbocycles. The van der Waals surface area contributed by atoms with Crippen molar-refractivity contribution in [1.82, 2.24) is 0 Å². The summed E-state index contributed by atoms with van der Waals surface area (Å²) in [6.45, 7) is 5.76. The van der Waals surface area contributed by atoms with Gasteiger partial charge in [0, 0.05) is 0 Å². The second kappa shape index (κ2) is 4.66. The Bertz CT molecular complexity index is 136. The van der Waals surface area contributed by atoms with Crippen LogP contribution in [0.5, 0.6) is 0 Å². The third-order valence-electron chi connectivity index (χ3n) is 3.04. The van der Waals surface area contributed by atoms with Gasteiger partial charge >= 0.3 is 0 Å². The fourth-order valence-electron chi connectivity index (χ4n) is 2.04. The molecule has 1 rings (SSSR count). The molecular weight excluding hydrogens is 148 g/mol. The van der Waals surface area contributed by atoms with Gasteiger partial charge in [0.15, 0.2) is 0 Å². The van der Waals surface area contributed by atoms with Crippen molar-refractivity contribution in [2.75, 3.05) is 0 Å². The third kappa shape index (κ3) is 2.34. The maximum absolute atomic E-state index is 9.87. The van der Waals surface area contributed by atoms with Gasteiger partial charge in [0.05, 0.1) is 6.10 Å². The molecule has 0 amide bonds. The number of rotatable bonds is 3. The van der Waals surface area contributed by atoms with Crippen LogP contribution in [-0.4, -0.2) is 11.2 Å². The molecule has 1 saturated carbocycles. The first kappa shape index (κ1) is 9.79. The van der Waals surface area contributed by atoms with Crippen LogP contribution in [0.4, 0.5) is 0 Å². The van der Waals surface area contributed by atoms with E-state index in [9.17, 15) is 5.11 Å². The van der Waals surface area contributed by atoms with E-state index in [1.54, 1.807) is 0 Å². The molecule has 1 fully saturated rings. The Balaban J connectivity index is 2.38. The van der Waals surface area contributed by atoms with Crippen LogP contribution in [0.15, 0.2) is 12.7 Å². The van der Waals surface area contributed by atoms with Crippen LogP contribution in [0.1, 0.15) is 39.0 Å². The maximum atomic E-state index is 9.87. The van der Waals surface area contributed by atoms with Gasteiger partial charge in [-0.2, -0.15) is 0 Å². The van der Waals surface area contributed by atoms with E-state index in [0.717, 1.165) is 0 Å². The smallest absolute Gasteiger partial charge is 0.0628 e. The molecule has 12 heavy (non-hydrogen) atoms. The Morgan fingerprint density at radius 3 is 2.42 bits per heavy atom. The van der Waals surface area contributed by atoms with Gasteiger partial charge in [0.1, 0.15) is 0 Å². The molecular formula is C11H20O. The molecule has 1 aliphatic carbocycles. The van der Waals surface area contributed by atoms with Gasteiger partial charge in [0.2, 0.25) is 0 Å². The molecule has 2 unspecified atom stereocenters. The van der Waals surface area contributed by atoms with Crippen molar-refractivity contribution in [3.8, 4) is 0 Å². The molecule has 0 aliphatic heterocycles. The molecule has 0 spiro atoms. The van der Waals surface area contributed by atoms with E-state index in [4.69, 9.17) is 0 Å². The van der Waals surface area contributed by atoms with Crippen molar-refractivity contribution in [2.45, 2.75) is 45.1 Å². The van der Waals surface area contributed by atoms with Crippen molar-refractivity contribution >= 4 is 0 Å². The second-order valence-corrected chi connectivity index (χ2v) is 3.98. The summed E-state index contributed by atoms with van der Waals surface area (Å²) in [7, 11) is 0. The summed E-state index contributed by atoms with van der Waals surface area (Å²) < 4.78 is 0. The molecule has 1 aliphatic rings. The molecule has 1 N–H and O–H groups in total.